The van der Waals surface area contributed by atoms with Crippen molar-refractivity contribution in [3.05, 3.63) is 60.2 Å². The van der Waals surface area contributed by atoms with E-state index >= 15 is 0 Å². The van der Waals surface area contributed by atoms with Gasteiger partial charge in [-0.25, -0.2) is 8.42 Å². The second-order valence-corrected chi connectivity index (χ2v) is 7.50. The van der Waals surface area contributed by atoms with Crippen LogP contribution in [0.5, 0.6) is 5.75 Å². The van der Waals surface area contributed by atoms with Gasteiger partial charge < -0.3 is 10.1 Å². The molecule has 1 atom stereocenters. The van der Waals surface area contributed by atoms with Crippen molar-refractivity contribution in [2.24, 2.45) is 0 Å². The molecule has 0 aromatic heterocycles. The summed E-state index contributed by atoms with van der Waals surface area (Å²) in [6, 6.07) is 15.0. The van der Waals surface area contributed by atoms with E-state index in [0.29, 0.717) is 12.2 Å². The number of amides is 1. The lowest BCUT2D eigenvalue weighted by molar-refractivity contribution is -0.122. The van der Waals surface area contributed by atoms with E-state index in [0.717, 1.165) is 21.9 Å². The summed E-state index contributed by atoms with van der Waals surface area (Å²) in [7, 11) is -2.01. The second kappa shape index (κ2) is 8.02. The molecular formula is C18H22N2O4S. The molecule has 0 aliphatic rings. The van der Waals surface area contributed by atoms with Crippen LogP contribution in [0, 0.1) is 0 Å². The number of anilines is 1. The molecule has 6 nitrogen and oxygen atoms in total. The van der Waals surface area contributed by atoms with Gasteiger partial charge in [0.1, 0.15) is 11.8 Å². The monoisotopic (exact) mass is 362 g/mol. The molecule has 0 aliphatic carbocycles. The minimum atomic E-state index is -3.60. The fourth-order valence-corrected chi connectivity index (χ4v) is 3.64. The Bertz CT molecular complexity index is 805. The first-order valence-corrected chi connectivity index (χ1v) is 9.63. The topological polar surface area (TPSA) is 75.7 Å². The SMILES string of the molecule is COc1ccc(CNC(=O)[C@@H](C)N(c2ccccc2)S(C)(=O)=O)cc1. The quantitative estimate of drug-likeness (QED) is 0.819. The second-order valence-electron chi connectivity index (χ2n) is 5.64. The summed E-state index contributed by atoms with van der Waals surface area (Å²) in [5.74, 6) is 0.362. The molecule has 1 N–H and O–H groups in total. The summed E-state index contributed by atoms with van der Waals surface area (Å²) in [5.41, 5.74) is 1.35. The minimum Gasteiger partial charge on any atom is -0.497 e. The van der Waals surface area contributed by atoms with Crippen LogP contribution < -0.4 is 14.4 Å². The van der Waals surface area contributed by atoms with Crippen molar-refractivity contribution in [2.75, 3.05) is 17.7 Å². The molecular weight excluding hydrogens is 340 g/mol. The molecule has 0 unspecified atom stereocenters. The Kier molecular flexibility index (Phi) is 6.03. The van der Waals surface area contributed by atoms with Crippen molar-refractivity contribution in [1.82, 2.24) is 5.32 Å². The Morgan fingerprint density at radius 3 is 2.24 bits per heavy atom. The average molecular weight is 362 g/mol. The third-order valence-electron chi connectivity index (χ3n) is 3.72. The van der Waals surface area contributed by atoms with Crippen LogP contribution in [0.25, 0.3) is 0 Å². The molecule has 2 rings (SSSR count). The van der Waals surface area contributed by atoms with Crippen LogP contribution in [0.15, 0.2) is 54.6 Å². The number of carbonyl (C=O) groups excluding carboxylic acids is 1. The molecule has 0 bridgehead atoms. The molecule has 0 fully saturated rings. The van der Waals surface area contributed by atoms with Crippen molar-refractivity contribution in [3.63, 3.8) is 0 Å². The Morgan fingerprint density at radius 2 is 1.72 bits per heavy atom. The number of nitrogens with one attached hydrogen (secondary N) is 1. The van der Waals surface area contributed by atoms with Crippen LogP contribution in [0.1, 0.15) is 12.5 Å². The Morgan fingerprint density at radius 1 is 1.12 bits per heavy atom. The largest absolute Gasteiger partial charge is 0.497 e. The van der Waals surface area contributed by atoms with Gasteiger partial charge in [-0.1, -0.05) is 30.3 Å². The lowest BCUT2D eigenvalue weighted by Gasteiger charge is -2.28. The van der Waals surface area contributed by atoms with E-state index in [2.05, 4.69) is 5.32 Å². The molecule has 2 aromatic rings. The van der Waals surface area contributed by atoms with Gasteiger partial charge >= 0.3 is 0 Å². The van der Waals surface area contributed by atoms with Gasteiger partial charge in [-0.3, -0.25) is 9.10 Å². The lowest BCUT2D eigenvalue weighted by Crippen LogP contribution is -2.47. The molecule has 0 spiro atoms. The van der Waals surface area contributed by atoms with Gasteiger partial charge in [0.05, 0.1) is 19.1 Å². The number of hydrogen-bond donors (Lipinski definition) is 1. The maximum absolute atomic E-state index is 12.5. The predicted molar refractivity (Wildman–Crippen MR) is 98.1 cm³/mol. The fourth-order valence-electron chi connectivity index (χ4n) is 2.46. The van der Waals surface area contributed by atoms with E-state index in [4.69, 9.17) is 4.74 Å². The zero-order valence-electron chi connectivity index (χ0n) is 14.5. The highest BCUT2D eigenvalue weighted by Gasteiger charge is 2.28. The average Bonchev–Trinajstić information content (AvgIpc) is 2.60. The summed E-state index contributed by atoms with van der Waals surface area (Å²) in [5, 5.41) is 2.77. The molecule has 0 aliphatic heterocycles. The smallest absolute Gasteiger partial charge is 0.243 e. The summed E-state index contributed by atoms with van der Waals surface area (Å²) in [6.45, 7) is 1.87. The fraction of sp³-hybridized carbons (Fsp3) is 0.278. The number of benzene rings is 2. The van der Waals surface area contributed by atoms with E-state index < -0.39 is 16.1 Å². The molecule has 0 saturated heterocycles. The van der Waals surface area contributed by atoms with Gasteiger partial charge in [-0.15, -0.1) is 0 Å². The molecule has 2 aromatic carbocycles. The van der Waals surface area contributed by atoms with Crippen LogP contribution in [0.4, 0.5) is 5.69 Å². The number of ether oxygens (including phenoxy) is 1. The first-order valence-electron chi connectivity index (χ1n) is 7.78. The highest BCUT2D eigenvalue weighted by Crippen LogP contribution is 2.20. The molecule has 0 heterocycles. The number of hydrogen-bond acceptors (Lipinski definition) is 4. The number of para-hydroxylation sites is 1. The molecule has 1 amide bonds. The summed E-state index contributed by atoms with van der Waals surface area (Å²) in [4.78, 5) is 12.5. The molecule has 134 valence electrons. The standard InChI is InChI=1S/C18H22N2O4S/c1-14(20(25(3,22)23)16-7-5-4-6-8-16)18(21)19-13-15-9-11-17(24-2)12-10-15/h4-12,14H,13H2,1-3H3,(H,19,21)/t14-/m1/s1. The number of carbonyl (C=O) groups is 1. The molecule has 0 saturated carbocycles. The summed E-state index contributed by atoms with van der Waals surface area (Å²) in [6.07, 6.45) is 1.09. The minimum absolute atomic E-state index is 0.305. The van der Waals surface area contributed by atoms with E-state index in [1.54, 1.807) is 56.5 Å². The van der Waals surface area contributed by atoms with E-state index in [1.807, 2.05) is 12.1 Å². The predicted octanol–water partition coefficient (Wildman–Crippen LogP) is 2.17. The number of methoxy groups -OCH3 is 1. The van der Waals surface area contributed by atoms with Crippen LogP contribution in [0.3, 0.4) is 0 Å². The number of rotatable bonds is 7. The number of nitrogens with zero attached hydrogens (tertiary/aromatic N) is 1. The van der Waals surface area contributed by atoms with E-state index in [-0.39, 0.29) is 5.91 Å². The number of sulfonamides is 1. The van der Waals surface area contributed by atoms with Crippen LogP contribution in [-0.4, -0.2) is 33.7 Å². The Labute approximate surface area is 148 Å². The van der Waals surface area contributed by atoms with Crippen LogP contribution in [-0.2, 0) is 21.4 Å². The van der Waals surface area contributed by atoms with Gasteiger partial charge in [-0.2, -0.15) is 0 Å². The van der Waals surface area contributed by atoms with Gasteiger partial charge in [-0.05, 0) is 36.8 Å². The lowest BCUT2D eigenvalue weighted by atomic mass is 10.2. The Balaban J connectivity index is 2.10. The van der Waals surface area contributed by atoms with Crippen molar-refractivity contribution < 1.29 is 17.9 Å². The molecule has 0 radical (unpaired) electrons. The van der Waals surface area contributed by atoms with Gasteiger partial charge in [0, 0.05) is 6.54 Å². The van der Waals surface area contributed by atoms with Crippen molar-refractivity contribution in [3.8, 4) is 5.75 Å². The van der Waals surface area contributed by atoms with Crippen LogP contribution in [0.2, 0.25) is 0 Å². The first-order chi connectivity index (χ1) is 11.8. The van der Waals surface area contributed by atoms with E-state index in [1.165, 1.54) is 0 Å². The van der Waals surface area contributed by atoms with Crippen molar-refractivity contribution >= 4 is 21.6 Å². The molecule has 7 heteroatoms. The highest BCUT2D eigenvalue weighted by molar-refractivity contribution is 7.92. The molecule has 25 heavy (non-hydrogen) atoms. The van der Waals surface area contributed by atoms with Crippen LogP contribution >= 0.6 is 0 Å². The van der Waals surface area contributed by atoms with Gasteiger partial charge in [0.15, 0.2) is 0 Å². The maximum Gasteiger partial charge on any atom is 0.243 e. The Hall–Kier alpha value is -2.54. The first kappa shape index (κ1) is 18.8. The zero-order valence-corrected chi connectivity index (χ0v) is 15.3. The maximum atomic E-state index is 12.5. The summed E-state index contributed by atoms with van der Waals surface area (Å²) < 4.78 is 30.5. The van der Waals surface area contributed by atoms with Gasteiger partial charge in [0.2, 0.25) is 15.9 Å². The normalized spacial score (nSPS) is 12.3. The van der Waals surface area contributed by atoms with Gasteiger partial charge in [0.25, 0.3) is 0 Å². The third-order valence-corrected chi connectivity index (χ3v) is 4.97. The van der Waals surface area contributed by atoms with E-state index in [9.17, 15) is 13.2 Å². The van der Waals surface area contributed by atoms with Crippen molar-refractivity contribution in [2.45, 2.75) is 19.5 Å². The summed E-state index contributed by atoms with van der Waals surface area (Å²) >= 11 is 0. The highest BCUT2D eigenvalue weighted by atomic mass is 32.2. The van der Waals surface area contributed by atoms with Crippen molar-refractivity contribution in [1.29, 1.82) is 0 Å². The zero-order chi connectivity index (χ0) is 18.4. The third kappa shape index (κ3) is 4.96.